The molecule has 0 saturated carbocycles. The molecule has 14 heavy (non-hydrogen) atoms. The van der Waals surface area contributed by atoms with Gasteiger partial charge in [-0.05, 0) is 12.8 Å². The Kier molecular flexibility index (Phi) is 8.02. The summed E-state index contributed by atoms with van der Waals surface area (Å²) in [6, 6.07) is 0. The van der Waals surface area contributed by atoms with Gasteiger partial charge in [0, 0.05) is 19.8 Å². The van der Waals surface area contributed by atoms with Gasteiger partial charge in [-0.3, -0.25) is 0 Å². The molecule has 0 unspecified atom stereocenters. The van der Waals surface area contributed by atoms with Gasteiger partial charge in [0.1, 0.15) is 6.10 Å². The number of aliphatic hydroxyl groups excluding tert-OH is 3. The summed E-state index contributed by atoms with van der Waals surface area (Å²) in [6.07, 6.45) is -1.60. The average Bonchev–Trinajstić information content (AvgIpc) is 2.19. The van der Waals surface area contributed by atoms with Crippen molar-refractivity contribution in [1.29, 1.82) is 0 Å². The first-order valence-electron chi connectivity index (χ1n) is 4.96. The highest BCUT2D eigenvalue weighted by Gasteiger charge is 2.25. The van der Waals surface area contributed by atoms with Gasteiger partial charge in [0.2, 0.25) is 0 Å². The van der Waals surface area contributed by atoms with Crippen molar-refractivity contribution in [3.8, 4) is 0 Å². The third-order valence-corrected chi connectivity index (χ3v) is 1.97. The summed E-state index contributed by atoms with van der Waals surface area (Å²) in [5.74, 6) is 0. The summed E-state index contributed by atoms with van der Waals surface area (Å²) in [6.45, 7) is 2.45. The van der Waals surface area contributed by atoms with E-state index >= 15 is 0 Å². The van der Waals surface area contributed by atoms with E-state index in [0.29, 0.717) is 6.61 Å². The summed E-state index contributed by atoms with van der Waals surface area (Å²) in [5.41, 5.74) is 5.39. The third-order valence-electron chi connectivity index (χ3n) is 1.97. The Morgan fingerprint density at radius 3 is 2.43 bits per heavy atom. The van der Waals surface area contributed by atoms with Crippen LogP contribution in [0.25, 0.3) is 0 Å². The summed E-state index contributed by atoms with van der Waals surface area (Å²) >= 11 is 0. The molecular formula is C9H21NO4. The maximum atomic E-state index is 9.57. The van der Waals surface area contributed by atoms with Gasteiger partial charge in [0.15, 0.2) is 0 Å². The number of nitrogens with two attached hydrogens (primary N) is 1. The molecule has 5 heteroatoms. The van der Waals surface area contributed by atoms with E-state index in [-0.39, 0.29) is 19.6 Å². The van der Waals surface area contributed by atoms with E-state index in [9.17, 15) is 10.2 Å². The molecule has 0 aliphatic carbocycles. The Morgan fingerprint density at radius 1 is 1.36 bits per heavy atom. The second-order valence-corrected chi connectivity index (χ2v) is 3.22. The Bertz CT molecular complexity index is 134. The molecule has 0 aromatic carbocycles. The van der Waals surface area contributed by atoms with E-state index in [4.69, 9.17) is 15.6 Å². The molecule has 0 radical (unpaired) electrons. The molecule has 0 rings (SSSR count). The lowest BCUT2D eigenvalue weighted by molar-refractivity contribution is -0.0900. The van der Waals surface area contributed by atoms with Crippen LogP contribution in [0.3, 0.4) is 0 Å². The summed E-state index contributed by atoms with van der Waals surface area (Å²) in [7, 11) is 0. The molecule has 0 bridgehead atoms. The lowest BCUT2D eigenvalue weighted by Gasteiger charge is -2.25. The van der Waals surface area contributed by atoms with Crippen LogP contribution in [0.2, 0.25) is 0 Å². The molecule has 0 amide bonds. The fourth-order valence-electron chi connectivity index (χ4n) is 1.13. The van der Waals surface area contributed by atoms with E-state index < -0.39 is 18.3 Å². The Morgan fingerprint density at radius 2 is 2.00 bits per heavy atom. The summed E-state index contributed by atoms with van der Waals surface area (Å²) in [4.78, 5) is 0. The van der Waals surface area contributed by atoms with Crippen molar-refractivity contribution in [1.82, 2.24) is 0 Å². The van der Waals surface area contributed by atoms with Crippen molar-refractivity contribution >= 4 is 0 Å². The van der Waals surface area contributed by atoms with Gasteiger partial charge in [0.05, 0.1) is 12.2 Å². The molecule has 0 aromatic heterocycles. The first kappa shape index (κ1) is 13.8. The van der Waals surface area contributed by atoms with Crippen LogP contribution in [-0.2, 0) is 4.74 Å². The zero-order valence-electron chi connectivity index (χ0n) is 8.59. The largest absolute Gasteiger partial charge is 0.396 e. The fraction of sp³-hybridized carbons (Fsp3) is 1.00. The van der Waals surface area contributed by atoms with Crippen LogP contribution in [0.15, 0.2) is 0 Å². The molecule has 0 spiro atoms. The van der Waals surface area contributed by atoms with Crippen molar-refractivity contribution in [2.24, 2.45) is 5.73 Å². The van der Waals surface area contributed by atoms with Crippen LogP contribution in [-0.4, -0.2) is 53.4 Å². The van der Waals surface area contributed by atoms with Gasteiger partial charge >= 0.3 is 0 Å². The summed E-state index contributed by atoms with van der Waals surface area (Å²) in [5, 5.41) is 27.5. The smallest absolute Gasteiger partial charge is 0.107 e. The quantitative estimate of drug-likeness (QED) is 0.403. The minimum absolute atomic E-state index is 0.132. The van der Waals surface area contributed by atoms with Gasteiger partial charge in [-0.15, -0.1) is 0 Å². The van der Waals surface area contributed by atoms with Crippen LogP contribution in [0.1, 0.15) is 19.8 Å². The molecule has 0 saturated heterocycles. The number of ether oxygens (including phenoxy) is 1. The molecule has 0 aliphatic rings. The average molecular weight is 207 g/mol. The molecule has 0 fully saturated rings. The van der Waals surface area contributed by atoms with E-state index in [0.717, 1.165) is 6.42 Å². The molecular weight excluding hydrogens is 186 g/mol. The first-order valence-corrected chi connectivity index (χ1v) is 4.96. The van der Waals surface area contributed by atoms with Crippen molar-refractivity contribution in [3.63, 3.8) is 0 Å². The van der Waals surface area contributed by atoms with Gasteiger partial charge in [0.25, 0.3) is 0 Å². The van der Waals surface area contributed by atoms with Crippen molar-refractivity contribution in [3.05, 3.63) is 0 Å². The van der Waals surface area contributed by atoms with E-state index in [1.807, 2.05) is 6.92 Å². The molecule has 5 nitrogen and oxygen atoms in total. The van der Waals surface area contributed by atoms with Gasteiger partial charge in [-0.2, -0.15) is 0 Å². The Hall–Kier alpha value is -0.200. The minimum Gasteiger partial charge on any atom is -0.396 e. The lowest BCUT2D eigenvalue weighted by Crippen LogP contribution is -2.44. The summed E-state index contributed by atoms with van der Waals surface area (Å²) < 4.78 is 5.25. The van der Waals surface area contributed by atoms with E-state index in [2.05, 4.69) is 0 Å². The maximum Gasteiger partial charge on any atom is 0.107 e. The second-order valence-electron chi connectivity index (χ2n) is 3.22. The zero-order valence-corrected chi connectivity index (χ0v) is 8.59. The molecule has 0 aliphatic heterocycles. The molecule has 86 valence electrons. The van der Waals surface area contributed by atoms with Crippen molar-refractivity contribution in [2.75, 3.05) is 19.8 Å². The standard InChI is InChI=1S/C9H21NO4/c1-2-5-14-8(6-10)9(13)7(12)3-4-11/h7-9,11-13H,2-6,10H2,1H3/t7-,8-,9-/m1/s1. The predicted octanol–water partition coefficient (Wildman–Crippen LogP) is -1.16. The van der Waals surface area contributed by atoms with E-state index in [1.165, 1.54) is 0 Å². The monoisotopic (exact) mass is 207 g/mol. The number of hydrogen-bond acceptors (Lipinski definition) is 5. The van der Waals surface area contributed by atoms with Crippen molar-refractivity contribution in [2.45, 2.75) is 38.1 Å². The minimum atomic E-state index is -1.03. The highest BCUT2D eigenvalue weighted by Crippen LogP contribution is 2.07. The highest BCUT2D eigenvalue weighted by atomic mass is 16.5. The predicted molar refractivity (Wildman–Crippen MR) is 52.8 cm³/mol. The SMILES string of the molecule is CCCO[C@H](CN)[C@H](O)[C@H](O)CCO. The Balaban J connectivity index is 3.94. The number of hydrogen-bond donors (Lipinski definition) is 4. The van der Waals surface area contributed by atoms with Crippen LogP contribution < -0.4 is 5.73 Å². The third kappa shape index (κ3) is 4.88. The highest BCUT2D eigenvalue weighted by molar-refractivity contribution is 4.77. The van der Waals surface area contributed by atoms with Crippen molar-refractivity contribution < 1.29 is 20.1 Å². The lowest BCUT2D eigenvalue weighted by atomic mass is 10.1. The van der Waals surface area contributed by atoms with Crippen LogP contribution in [0.5, 0.6) is 0 Å². The van der Waals surface area contributed by atoms with Crippen LogP contribution in [0.4, 0.5) is 0 Å². The molecule has 0 aromatic rings. The fourth-order valence-corrected chi connectivity index (χ4v) is 1.13. The molecule has 3 atom stereocenters. The Labute approximate surface area is 84.5 Å². The second kappa shape index (κ2) is 8.14. The number of rotatable bonds is 8. The normalized spacial score (nSPS) is 17.8. The zero-order chi connectivity index (χ0) is 11.0. The number of aliphatic hydroxyl groups is 3. The van der Waals surface area contributed by atoms with Crippen LogP contribution in [0, 0.1) is 0 Å². The van der Waals surface area contributed by atoms with Gasteiger partial charge in [-0.1, -0.05) is 6.92 Å². The molecule has 5 N–H and O–H groups in total. The van der Waals surface area contributed by atoms with E-state index in [1.54, 1.807) is 0 Å². The van der Waals surface area contributed by atoms with Gasteiger partial charge in [-0.25, -0.2) is 0 Å². The van der Waals surface area contributed by atoms with Crippen LogP contribution >= 0.6 is 0 Å². The van der Waals surface area contributed by atoms with Gasteiger partial charge < -0.3 is 25.8 Å². The first-order chi connectivity index (χ1) is 6.67. The molecule has 0 heterocycles. The maximum absolute atomic E-state index is 9.57. The topological polar surface area (TPSA) is 95.9 Å².